The normalized spacial score (nSPS) is 31.1. The zero-order valence-corrected chi connectivity index (χ0v) is 12.6. The molecule has 0 saturated carbocycles. The van der Waals surface area contributed by atoms with E-state index in [4.69, 9.17) is 16.6 Å². The zero-order chi connectivity index (χ0) is 11.7. The number of allylic oxidation sites excluding steroid dienone is 2. The number of fused-ring (bicyclic) bond motifs is 1. The first-order valence-corrected chi connectivity index (χ1v) is 7.70. The van der Waals surface area contributed by atoms with E-state index in [1.165, 1.54) is 37.5 Å². The van der Waals surface area contributed by atoms with Crippen molar-refractivity contribution >= 4 is 40.9 Å². The molecule has 3 rings (SSSR count). The highest BCUT2D eigenvalue weighted by Gasteiger charge is 2.28. The molecule has 1 fully saturated rings. The Bertz CT molecular complexity index is 386. The molecule has 0 aromatic heterocycles. The number of likely N-dealkylation sites (tertiary alicyclic amines) is 1. The maximum Gasteiger partial charge on any atom is 0.159 e. The summed E-state index contributed by atoms with van der Waals surface area (Å²) in [5, 5.41) is 2.07. The standard InChI is InChI=1S/C13H17ClN2S.ClH/c14-11-5-4-10-9-17-13(15-12(10)8-11)16-6-2-1-3-7-16;/h4-5,8,10,12H,1-3,6-7,9H2;1H. The summed E-state index contributed by atoms with van der Waals surface area (Å²) in [6, 6.07) is 0.269. The fourth-order valence-electron chi connectivity index (χ4n) is 2.55. The van der Waals surface area contributed by atoms with E-state index in [-0.39, 0.29) is 18.4 Å². The van der Waals surface area contributed by atoms with Crippen molar-refractivity contribution in [1.29, 1.82) is 0 Å². The van der Waals surface area contributed by atoms with Gasteiger partial charge in [0.05, 0.1) is 6.04 Å². The highest BCUT2D eigenvalue weighted by atomic mass is 35.5. The van der Waals surface area contributed by atoms with E-state index in [0.29, 0.717) is 5.92 Å². The van der Waals surface area contributed by atoms with Crippen molar-refractivity contribution in [2.75, 3.05) is 18.8 Å². The SMILES string of the molecule is Cl.ClC1=CC2N=C(N3CCCCC3)SCC2C=C1. The number of hydrogen-bond donors (Lipinski definition) is 0. The van der Waals surface area contributed by atoms with E-state index in [0.717, 1.165) is 10.8 Å². The molecule has 100 valence electrons. The molecule has 0 spiro atoms. The predicted molar refractivity (Wildman–Crippen MR) is 82.9 cm³/mol. The maximum atomic E-state index is 6.05. The van der Waals surface area contributed by atoms with Crippen LogP contribution in [0, 0.1) is 5.92 Å². The first-order valence-electron chi connectivity index (χ1n) is 6.34. The average molecular weight is 305 g/mol. The van der Waals surface area contributed by atoms with Crippen molar-refractivity contribution in [2.24, 2.45) is 10.9 Å². The van der Waals surface area contributed by atoms with E-state index in [9.17, 15) is 0 Å². The summed E-state index contributed by atoms with van der Waals surface area (Å²) in [7, 11) is 0. The highest BCUT2D eigenvalue weighted by molar-refractivity contribution is 8.13. The van der Waals surface area contributed by atoms with Crippen molar-refractivity contribution in [3.8, 4) is 0 Å². The second kappa shape index (κ2) is 6.36. The van der Waals surface area contributed by atoms with Crippen molar-refractivity contribution < 1.29 is 0 Å². The Morgan fingerprint density at radius 1 is 1.28 bits per heavy atom. The number of piperidine rings is 1. The van der Waals surface area contributed by atoms with Crippen LogP contribution >= 0.6 is 35.8 Å². The summed E-state index contributed by atoms with van der Waals surface area (Å²) < 4.78 is 0. The molecule has 18 heavy (non-hydrogen) atoms. The Morgan fingerprint density at radius 2 is 2.06 bits per heavy atom. The molecule has 2 unspecified atom stereocenters. The zero-order valence-electron chi connectivity index (χ0n) is 10.2. The molecule has 5 heteroatoms. The molecule has 0 bridgehead atoms. The molecule has 1 saturated heterocycles. The Hall–Kier alpha value is -0.120. The minimum atomic E-state index is 0. The number of amidine groups is 1. The smallest absolute Gasteiger partial charge is 0.159 e. The Balaban J connectivity index is 0.00000120. The van der Waals surface area contributed by atoms with Gasteiger partial charge in [-0.05, 0) is 31.4 Å². The van der Waals surface area contributed by atoms with Crippen molar-refractivity contribution in [3.63, 3.8) is 0 Å². The summed E-state index contributed by atoms with van der Waals surface area (Å²) >= 11 is 7.96. The molecule has 0 aromatic rings. The Labute approximate surface area is 124 Å². The minimum Gasteiger partial charge on any atom is -0.351 e. The summed E-state index contributed by atoms with van der Waals surface area (Å²) in [6.07, 6.45) is 10.3. The van der Waals surface area contributed by atoms with Gasteiger partial charge in [0.1, 0.15) is 0 Å². The van der Waals surface area contributed by atoms with Crippen LogP contribution in [0.2, 0.25) is 0 Å². The van der Waals surface area contributed by atoms with E-state index < -0.39 is 0 Å². The van der Waals surface area contributed by atoms with Gasteiger partial charge in [-0.15, -0.1) is 12.4 Å². The van der Waals surface area contributed by atoms with E-state index in [2.05, 4.69) is 17.1 Å². The summed E-state index contributed by atoms with van der Waals surface area (Å²) in [5.41, 5.74) is 0. The lowest BCUT2D eigenvalue weighted by atomic mass is 9.97. The third-order valence-corrected chi connectivity index (χ3v) is 4.99. The fraction of sp³-hybridized carbons (Fsp3) is 0.615. The predicted octanol–water partition coefficient (Wildman–Crippen LogP) is 3.67. The molecule has 1 aliphatic carbocycles. The molecule has 2 atom stereocenters. The lowest BCUT2D eigenvalue weighted by molar-refractivity contribution is 0.345. The fourth-order valence-corrected chi connectivity index (χ4v) is 3.97. The molecule has 0 aromatic carbocycles. The first-order chi connectivity index (χ1) is 8.33. The van der Waals surface area contributed by atoms with Crippen LogP contribution in [0.1, 0.15) is 19.3 Å². The third kappa shape index (κ3) is 3.06. The van der Waals surface area contributed by atoms with Gasteiger partial charge in [-0.2, -0.15) is 0 Å². The van der Waals surface area contributed by atoms with Crippen LogP contribution in [0.25, 0.3) is 0 Å². The van der Waals surface area contributed by atoms with Crippen LogP contribution in [-0.4, -0.2) is 35.0 Å². The first kappa shape index (κ1) is 14.3. The van der Waals surface area contributed by atoms with Gasteiger partial charge in [-0.1, -0.05) is 29.4 Å². The maximum absolute atomic E-state index is 6.05. The van der Waals surface area contributed by atoms with Gasteiger partial charge in [0.25, 0.3) is 0 Å². The Kier molecular flexibility index (Phi) is 5.05. The number of hydrogen-bond acceptors (Lipinski definition) is 3. The number of thioether (sulfide) groups is 1. The van der Waals surface area contributed by atoms with Crippen LogP contribution in [-0.2, 0) is 0 Å². The van der Waals surface area contributed by atoms with E-state index >= 15 is 0 Å². The Morgan fingerprint density at radius 3 is 2.83 bits per heavy atom. The van der Waals surface area contributed by atoms with Gasteiger partial charge in [0.2, 0.25) is 0 Å². The summed E-state index contributed by atoms with van der Waals surface area (Å²) in [6.45, 7) is 2.35. The molecule has 2 heterocycles. The van der Waals surface area contributed by atoms with E-state index in [1.54, 1.807) is 0 Å². The summed E-state index contributed by atoms with van der Waals surface area (Å²) in [5.74, 6) is 1.67. The van der Waals surface area contributed by atoms with Crippen LogP contribution in [0.5, 0.6) is 0 Å². The number of rotatable bonds is 0. The largest absolute Gasteiger partial charge is 0.351 e. The topological polar surface area (TPSA) is 15.6 Å². The van der Waals surface area contributed by atoms with Crippen molar-refractivity contribution in [2.45, 2.75) is 25.3 Å². The van der Waals surface area contributed by atoms with E-state index in [1.807, 2.05) is 17.8 Å². The molecular formula is C13H18Cl2N2S. The van der Waals surface area contributed by atoms with Gasteiger partial charge in [-0.25, -0.2) is 0 Å². The number of aliphatic imine (C=N–C) groups is 1. The lowest BCUT2D eigenvalue weighted by Gasteiger charge is -2.34. The van der Waals surface area contributed by atoms with Gasteiger partial charge < -0.3 is 4.90 Å². The second-order valence-corrected chi connectivity index (χ2v) is 6.26. The number of halogens is 2. The van der Waals surface area contributed by atoms with Crippen LogP contribution in [0.4, 0.5) is 0 Å². The highest BCUT2D eigenvalue weighted by Crippen LogP contribution is 2.31. The van der Waals surface area contributed by atoms with Gasteiger partial charge in [0.15, 0.2) is 5.17 Å². The number of nitrogens with zero attached hydrogens (tertiary/aromatic N) is 2. The van der Waals surface area contributed by atoms with Gasteiger partial charge in [-0.3, -0.25) is 4.99 Å². The van der Waals surface area contributed by atoms with Crippen LogP contribution in [0.3, 0.4) is 0 Å². The van der Waals surface area contributed by atoms with Crippen LogP contribution in [0.15, 0.2) is 28.3 Å². The molecule has 0 amide bonds. The van der Waals surface area contributed by atoms with Crippen molar-refractivity contribution in [3.05, 3.63) is 23.3 Å². The molecular weight excluding hydrogens is 287 g/mol. The minimum absolute atomic E-state index is 0. The molecule has 0 N–H and O–H groups in total. The summed E-state index contributed by atoms with van der Waals surface area (Å²) in [4.78, 5) is 7.32. The third-order valence-electron chi connectivity index (χ3n) is 3.56. The average Bonchev–Trinajstić information content (AvgIpc) is 2.39. The second-order valence-electron chi connectivity index (χ2n) is 4.84. The monoisotopic (exact) mass is 304 g/mol. The molecule has 3 aliphatic rings. The molecule has 2 aliphatic heterocycles. The van der Waals surface area contributed by atoms with Crippen LogP contribution < -0.4 is 0 Å². The van der Waals surface area contributed by atoms with Gasteiger partial charge in [0, 0.05) is 29.8 Å². The molecule has 0 radical (unpaired) electrons. The molecule has 2 nitrogen and oxygen atoms in total. The quantitative estimate of drug-likeness (QED) is 0.678. The van der Waals surface area contributed by atoms with Crippen molar-refractivity contribution in [1.82, 2.24) is 4.90 Å². The van der Waals surface area contributed by atoms with Gasteiger partial charge >= 0.3 is 0 Å². The lowest BCUT2D eigenvalue weighted by Crippen LogP contribution is -2.38.